The molecule has 0 saturated carbocycles. The lowest BCUT2D eigenvalue weighted by atomic mass is 9.99. The van der Waals surface area contributed by atoms with E-state index >= 15 is 0 Å². The van der Waals surface area contributed by atoms with Gasteiger partial charge in [0.2, 0.25) is 0 Å². The highest BCUT2D eigenvalue weighted by molar-refractivity contribution is 6.30. The maximum absolute atomic E-state index is 13.2. The van der Waals surface area contributed by atoms with Gasteiger partial charge in [-0.2, -0.15) is 0 Å². The van der Waals surface area contributed by atoms with E-state index in [-0.39, 0.29) is 17.1 Å². The predicted octanol–water partition coefficient (Wildman–Crippen LogP) is 1.61. The number of nitrogens with two attached hydrogens (primary N) is 1. The molecule has 0 bridgehead atoms. The standard InChI is InChI=1S/C9H9ClFNO2/c10-5-1-2-6(8(11)3-5)7(4-12)9(13)14/h1-3,7H,4,12H2,(H,13,14). The van der Waals surface area contributed by atoms with E-state index in [2.05, 4.69) is 0 Å². The first-order valence-electron chi connectivity index (χ1n) is 3.94. The first kappa shape index (κ1) is 10.9. The topological polar surface area (TPSA) is 63.3 Å². The van der Waals surface area contributed by atoms with Gasteiger partial charge in [0.1, 0.15) is 5.82 Å². The van der Waals surface area contributed by atoms with Crippen molar-refractivity contribution in [1.29, 1.82) is 0 Å². The van der Waals surface area contributed by atoms with Gasteiger partial charge in [-0.1, -0.05) is 17.7 Å². The normalized spacial score (nSPS) is 12.5. The molecule has 5 heteroatoms. The highest BCUT2D eigenvalue weighted by Gasteiger charge is 2.21. The van der Waals surface area contributed by atoms with Crippen LogP contribution in [-0.2, 0) is 4.79 Å². The molecule has 0 spiro atoms. The molecule has 1 atom stereocenters. The molecule has 76 valence electrons. The second kappa shape index (κ2) is 4.39. The summed E-state index contributed by atoms with van der Waals surface area (Å²) < 4.78 is 13.2. The number of carboxylic acid groups (broad SMARTS) is 1. The molecule has 1 aromatic rings. The molecular weight excluding hydrogens is 209 g/mol. The minimum absolute atomic E-state index is 0.0596. The lowest BCUT2D eigenvalue weighted by Crippen LogP contribution is -2.22. The molecular formula is C9H9ClFNO2. The van der Waals surface area contributed by atoms with Gasteiger partial charge in [-0.3, -0.25) is 4.79 Å². The Morgan fingerprint density at radius 3 is 2.71 bits per heavy atom. The fourth-order valence-corrected chi connectivity index (χ4v) is 1.30. The molecule has 0 fully saturated rings. The summed E-state index contributed by atoms with van der Waals surface area (Å²) in [5.74, 6) is -2.81. The number of halogens is 2. The average Bonchev–Trinajstić information content (AvgIpc) is 2.09. The van der Waals surface area contributed by atoms with Crippen molar-refractivity contribution in [3.63, 3.8) is 0 Å². The molecule has 1 unspecified atom stereocenters. The van der Waals surface area contributed by atoms with Crippen molar-refractivity contribution in [2.45, 2.75) is 5.92 Å². The van der Waals surface area contributed by atoms with Crippen molar-refractivity contribution >= 4 is 17.6 Å². The highest BCUT2D eigenvalue weighted by Crippen LogP contribution is 2.21. The summed E-state index contributed by atoms with van der Waals surface area (Å²) >= 11 is 5.53. The van der Waals surface area contributed by atoms with Crippen LogP contribution in [0.25, 0.3) is 0 Å². The van der Waals surface area contributed by atoms with Crippen LogP contribution in [0.4, 0.5) is 4.39 Å². The molecule has 14 heavy (non-hydrogen) atoms. The second-order valence-corrected chi connectivity index (χ2v) is 3.23. The zero-order valence-corrected chi connectivity index (χ0v) is 7.96. The van der Waals surface area contributed by atoms with Gasteiger partial charge in [-0.15, -0.1) is 0 Å². The third-order valence-corrected chi connectivity index (χ3v) is 2.11. The maximum Gasteiger partial charge on any atom is 0.312 e. The van der Waals surface area contributed by atoms with Crippen LogP contribution in [0.5, 0.6) is 0 Å². The van der Waals surface area contributed by atoms with Crippen LogP contribution in [0.15, 0.2) is 18.2 Å². The molecule has 1 aromatic carbocycles. The van der Waals surface area contributed by atoms with Crippen molar-refractivity contribution in [3.8, 4) is 0 Å². The summed E-state index contributed by atoms with van der Waals surface area (Å²) in [6.45, 7) is -0.145. The Morgan fingerprint density at radius 2 is 2.29 bits per heavy atom. The van der Waals surface area contributed by atoms with Crippen LogP contribution >= 0.6 is 11.6 Å². The summed E-state index contributed by atoms with van der Waals surface area (Å²) in [4.78, 5) is 10.7. The Kier molecular flexibility index (Phi) is 3.43. The van der Waals surface area contributed by atoms with Gasteiger partial charge in [-0.25, -0.2) is 4.39 Å². The Morgan fingerprint density at radius 1 is 1.64 bits per heavy atom. The smallest absolute Gasteiger partial charge is 0.312 e. The van der Waals surface area contributed by atoms with E-state index < -0.39 is 17.7 Å². The summed E-state index contributed by atoms with van der Waals surface area (Å²) in [5.41, 5.74) is 5.29. The summed E-state index contributed by atoms with van der Waals surface area (Å²) in [6.07, 6.45) is 0. The van der Waals surface area contributed by atoms with E-state index in [0.717, 1.165) is 6.07 Å². The van der Waals surface area contributed by atoms with Crippen molar-refractivity contribution in [3.05, 3.63) is 34.6 Å². The minimum Gasteiger partial charge on any atom is -0.481 e. The molecule has 0 aliphatic heterocycles. The lowest BCUT2D eigenvalue weighted by Gasteiger charge is -2.10. The van der Waals surface area contributed by atoms with Crippen molar-refractivity contribution in [2.75, 3.05) is 6.54 Å². The van der Waals surface area contributed by atoms with Crippen LogP contribution in [0.1, 0.15) is 11.5 Å². The lowest BCUT2D eigenvalue weighted by molar-refractivity contribution is -0.138. The van der Waals surface area contributed by atoms with E-state index in [4.69, 9.17) is 22.4 Å². The second-order valence-electron chi connectivity index (χ2n) is 2.79. The number of hydrogen-bond donors (Lipinski definition) is 2. The SMILES string of the molecule is NCC(C(=O)O)c1ccc(Cl)cc1F. The molecule has 0 radical (unpaired) electrons. The molecule has 0 aliphatic rings. The van der Waals surface area contributed by atoms with Crippen molar-refractivity contribution < 1.29 is 14.3 Å². The van der Waals surface area contributed by atoms with Crippen molar-refractivity contribution in [1.82, 2.24) is 0 Å². The fraction of sp³-hybridized carbons (Fsp3) is 0.222. The number of hydrogen-bond acceptors (Lipinski definition) is 2. The van der Waals surface area contributed by atoms with Crippen molar-refractivity contribution in [2.24, 2.45) is 5.73 Å². The Bertz CT molecular complexity index is 357. The van der Waals surface area contributed by atoms with E-state index in [9.17, 15) is 9.18 Å². The first-order chi connectivity index (χ1) is 6.56. The van der Waals surface area contributed by atoms with Crippen LogP contribution in [0.3, 0.4) is 0 Å². The molecule has 0 aliphatic carbocycles. The maximum atomic E-state index is 13.2. The fourth-order valence-electron chi connectivity index (χ4n) is 1.14. The van der Waals surface area contributed by atoms with E-state index in [0.29, 0.717) is 0 Å². The number of aliphatic carboxylic acids is 1. The van der Waals surface area contributed by atoms with Gasteiger partial charge < -0.3 is 10.8 Å². The zero-order valence-electron chi connectivity index (χ0n) is 7.21. The Balaban J connectivity index is 3.10. The quantitative estimate of drug-likeness (QED) is 0.809. The van der Waals surface area contributed by atoms with Crippen LogP contribution < -0.4 is 5.73 Å². The summed E-state index contributed by atoms with van der Waals surface area (Å²) in [7, 11) is 0. The monoisotopic (exact) mass is 217 g/mol. The van der Waals surface area contributed by atoms with Crippen LogP contribution in [0, 0.1) is 5.82 Å². The third kappa shape index (κ3) is 2.21. The van der Waals surface area contributed by atoms with Gasteiger partial charge in [-0.05, 0) is 12.1 Å². The molecule has 0 heterocycles. The minimum atomic E-state index is -1.14. The van der Waals surface area contributed by atoms with E-state index in [1.807, 2.05) is 0 Å². The van der Waals surface area contributed by atoms with E-state index in [1.54, 1.807) is 0 Å². The molecule has 0 amide bonds. The molecule has 0 saturated heterocycles. The third-order valence-electron chi connectivity index (χ3n) is 1.87. The Labute approximate surface area is 85.3 Å². The largest absolute Gasteiger partial charge is 0.481 e. The number of benzene rings is 1. The first-order valence-corrected chi connectivity index (χ1v) is 4.32. The number of rotatable bonds is 3. The van der Waals surface area contributed by atoms with Gasteiger partial charge in [0, 0.05) is 17.1 Å². The Hall–Kier alpha value is -1.13. The number of carbonyl (C=O) groups is 1. The molecule has 3 N–H and O–H groups in total. The molecule has 0 aromatic heterocycles. The van der Waals surface area contributed by atoms with Gasteiger partial charge in [0.15, 0.2) is 0 Å². The molecule has 1 rings (SSSR count). The van der Waals surface area contributed by atoms with Crippen LogP contribution in [-0.4, -0.2) is 17.6 Å². The summed E-state index contributed by atoms with van der Waals surface area (Å²) in [6, 6.07) is 3.84. The van der Waals surface area contributed by atoms with E-state index in [1.165, 1.54) is 12.1 Å². The van der Waals surface area contributed by atoms with Gasteiger partial charge >= 0.3 is 5.97 Å². The zero-order chi connectivity index (χ0) is 10.7. The molecule has 3 nitrogen and oxygen atoms in total. The average molecular weight is 218 g/mol. The summed E-state index contributed by atoms with van der Waals surface area (Å²) in [5, 5.41) is 8.97. The van der Waals surface area contributed by atoms with Gasteiger partial charge in [0.25, 0.3) is 0 Å². The highest BCUT2D eigenvalue weighted by atomic mass is 35.5. The predicted molar refractivity (Wildman–Crippen MR) is 50.8 cm³/mol. The number of carboxylic acids is 1. The van der Waals surface area contributed by atoms with Crippen LogP contribution in [0.2, 0.25) is 5.02 Å². The van der Waals surface area contributed by atoms with Gasteiger partial charge in [0.05, 0.1) is 5.92 Å².